The molecule has 8 heteroatoms. The second-order valence-corrected chi connectivity index (χ2v) is 9.50. The van der Waals surface area contributed by atoms with E-state index in [4.69, 9.17) is 0 Å². The molecule has 0 radical (unpaired) electrons. The van der Waals surface area contributed by atoms with Gasteiger partial charge in [0.05, 0.1) is 0 Å². The van der Waals surface area contributed by atoms with Crippen LogP contribution in [0.25, 0.3) is 0 Å². The number of nitrogens with one attached hydrogen (secondary N) is 2. The third-order valence-electron chi connectivity index (χ3n) is 3.85. The second-order valence-electron chi connectivity index (χ2n) is 5.62. The largest absolute Gasteiger partial charge is 0.324 e. The first-order valence-corrected chi connectivity index (χ1v) is 11.5. The molecular weight excluding hydrogens is 376 g/mol. The number of rotatable bonds is 8. The van der Waals surface area contributed by atoms with E-state index >= 15 is 0 Å². The zero-order chi connectivity index (χ0) is 18.4. The zero-order valence-corrected chi connectivity index (χ0v) is 16.9. The van der Waals surface area contributed by atoms with Crippen molar-refractivity contribution in [2.45, 2.75) is 30.5 Å². The van der Waals surface area contributed by atoms with E-state index in [0.717, 1.165) is 22.5 Å². The van der Waals surface area contributed by atoms with Crippen LogP contribution in [0.4, 0.5) is 5.69 Å². The van der Waals surface area contributed by atoms with Crippen molar-refractivity contribution in [1.82, 2.24) is 4.72 Å². The summed E-state index contributed by atoms with van der Waals surface area (Å²) < 4.78 is 27.7. The molecule has 0 bridgehead atoms. The van der Waals surface area contributed by atoms with Crippen molar-refractivity contribution in [1.29, 1.82) is 0 Å². The lowest BCUT2D eigenvalue weighted by atomic mass is 10.1. The molecule has 2 aromatic rings. The fourth-order valence-electron chi connectivity index (χ4n) is 2.25. The summed E-state index contributed by atoms with van der Waals surface area (Å²) in [6, 6.07) is 8.03. The van der Waals surface area contributed by atoms with Gasteiger partial charge in [0.1, 0.15) is 10.3 Å². The molecule has 1 amide bonds. The van der Waals surface area contributed by atoms with Gasteiger partial charge >= 0.3 is 0 Å². The van der Waals surface area contributed by atoms with Crippen LogP contribution in [0.1, 0.15) is 17.5 Å². The Bertz CT molecular complexity index is 818. The summed E-state index contributed by atoms with van der Waals surface area (Å²) in [4.78, 5) is 12.7. The van der Waals surface area contributed by atoms with E-state index in [1.807, 2.05) is 38.3 Å². The highest BCUT2D eigenvalue weighted by Gasteiger charge is 2.26. The van der Waals surface area contributed by atoms with Crippen molar-refractivity contribution in [3.8, 4) is 0 Å². The lowest BCUT2D eigenvalue weighted by Gasteiger charge is -2.19. The number of carbonyl (C=O) groups excluding carboxylic acids is 1. The summed E-state index contributed by atoms with van der Waals surface area (Å²) in [6.45, 7) is 3.90. The van der Waals surface area contributed by atoms with Crippen LogP contribution in [-0.2, 0) is 14.8 Å². The number of amides is 1. The van der Waals surface area contributed by atoms with Crippen LogP contribution in [0, 0.1) is 13.8 Å². The van der Waals surface area contributed by atoms with E-state index < -0.39 is 16.1 Å². The van der Waals surface area contributed by atoms with Crippen molar-refractivity contribution in [3.05, 3.63) is 46.8 Å². The number of carbonyl (C=O) groups is 1. The summed E-state index contributed by atoms with van der Waals surface area (Å²) in [5.74, 6) is 0.334. The molecule has 0 saturated carbocycles. The first kappa shape index (κ1) is 20.0. The fourth-order valence-corrected chi connectivity index (χ4v) is 4.96. The standard InChI is InChI=1S/C17H22N2O3S3/c1-12-6-4-7-14(13(12)2)18-17(20)15(9-11-23-3)19-25(21,22)16-8-5-10-24-16/h4-8,10,15,19H,9,11H2,1-3H3,(H,18,20)/t15-/m1/s1. The number of benzene rings is 1. The maximum Gasteiger partial charge on any atom is 0.250 e. The smallest absolute Gasteiger partial charge is 0.250 e. The summed E-state index contributed by atoms with van der Waals surface area (Å²) >= 11 is 2.70. The van der Waals surface area contributed by atoms with E-state index in [1.165, 1.54) is 6.07 Å². The Morgan fingerprint density at radius 3 is 2.64 bits per heavy atom. The maximum absolute atomic E-state index is 12.7. The molecule has 0 spiro atoms. The number of sulfonamides is 1. The topological polar surface area (TPSA) is 75.3 Å². The van der Waals surface area contributed by atoms with Gasteiger partial charge in [0.25, 0.3) is 10.0 Å². The van der Waals surface area contributed by atoms with Gasteiger partial charge in [-0.2, -0.15) is 16.5 Å². The van der Waals surface area contributed by atoms with Gasteiger partial charge in [0, 0.05) is 5.69 Å². The number of thioether (sulfide) groups is 1. The lowest BCUT2D eigenvalue weighted by Crippen LogP contribution is -2.44. The number of hydrogen-bond acceptors (Lipinski definition) is 5. The maximum atomic E-state index is 12.7. The number of thiophene rings is 1. The molecular formula is C17H22N2O3S3. The summed E-state index contributed by atoms with van der Waals surface area (Å²) in [7, 11) is -3.70. The van der Waals surface area contributed by atoms with Gasteiger partial charge in [0.15, 0.2) is 0 Å². The minimum Gasteiger partial charge on any atom is -0.324 e. The Kier molecular flexibility index (Phi) is 7.06. The Labute approximate surface area is 157 Å². The van der Waals surface area contributed by atoms with E-state index in [-0.39, 0.29) is 10.1 Å². The SMILES string of the molecule is CSCC[C@@H](NS(=O)(=O)c1cccs1)C(=O)Nc1cccc(C)c1C. The number of hydrogen-bond donors (Lipinski definition) is 2. The molecule has 1 heterocycles. The van der Waals surface area contributed by atoms with Crippen molar-refractivity contribution in [2.75, 3.05) is 17.3 Å². The van der Waals surface area contributed by atoms with Gasteiger partial charge in [-0.25, -0.2) is 8.42 Å². The average Bonchev–Trinajstić information content (AvgIpc) is 3.11. The van der Waals surface area contributed by atoms with Gasteiger partial charge < -0.3 is 5.32 Å². The molecule has 1 aromatic carbocycles. The first-order chi connectivity index (χ1) is 11.8. The van der Waals surface area contributed by atoms with Crippen LogP contribution < -0.4 is 10.0 Å². The molecule has 2 N–H and O–H groups in total. The fraction of sp³-hybridized carbons (Fsp3) is 0.353. The van der Waals surface area contributed by atoms with E-state index in [1.54, 1.807) is 23.2 Å². The molecule has 0 aliphatic rings. The zero-order valence-electron chi connectivity index (χ0n) is 14.4. The van der Waals surface area contributed by atoms with Crippen molar-refractivity contribution in [2.24, 2.45) is 0 Å². The number of anilines is 1. The minimum atomic E-state index is -3.70. The molecule has 0 saturated heterocycles. The molecule has 1 aromatic heterocycles. The van der Waals surface area contributed by atoms with Gasteiger partial charge in [-0.3, -0.25) is 4.79 Å². The quantitative estimate of drug-likeness (QED) is 0.715. The van der Waals surface area contributed by atoms with E-state index in [2.05, 4.69) is 10.0 Å². The Balaban J connectivity index is 2.18. The van der Waals surface area contributed by atoms with Gasteiger partial charge in [-0.05, 0) is 60.9 Å². The molecule has 0 fully saturated rings. The van der Waals surface area contributed by atoms with Gasteiger partial charge in [0.2, 0.25) is 5.91 Å². The third-order valence-corrected chi connectivity index (χ3v) is 7.36. The Hall–Kier alpha value is -1.35. The molecule has 0 aliphatic heterocycles. The van der Waals surface area contributed by atoms with Crippen LogP contribution >= 0.6 is 23.1 Å². The second kappa shape index (κ2) is 8.84. The highest BCUT2D eigenvalue weighted by atomic mass is 32.2. The number of aryl methyl sites for hydroxylation is 1. The Morgan fingerprint density at radius 1 is 1.24 bits per heavy atom. The van der Waals surface area contributed by atoms with Crippen molar-refractivity contribution in [3.63, 3.8) is 0 Å². The van der Waals surface area contributed by atoms with Crippen LogP contribution in [-0.4, -0.2) is 32.4 Å². The predicted molar refractivity (Wildman–Crippen MR) is 106 cm³/mol. The molecule has 136 valence electrons. The third kappa shape index (κ3) is 5.31. The average molecular weight is 399 g/mol. The van der Waals surface area contributed by atoms with Crippen LogP contribution in [0.5, 0.6) is 0 Å². The molecule has 25 heavy (non-hydrogen) atoms. The first-order valence-electron chi connectivity index (χ1n) is 7.77. The van der Waals surface area contributed by atoms with Gasteiger partial charge in [-0.1, -0.05) is 18.2 Å². The molecule has 1 atom stereocenters. The normalized spacial score (nSPS) is 12.8. The van der Waals surface area contributed by atoms with Crippen molar-refractivity contribution >= 4 is 44.7 Å². The van der Waals surface area contributed by atoms with E-state index in [0.29, 0.717) is 17.9 Å². The van der Waals surface area contributed by atoms with Gasteiger partial charge in [-0.15, -0.1) is 11.3 Å². The lowest BCUT2D eigenvalue weighted by molar-refractivity contribution is -0.117. The highest BCUT2D eigenvalue weighted by Crippen LogP contribution is 2.20. The molecule has 0 aliphatic carbocycles. The highest BCUT2D eigenvalue weighted by molar-refractivity contribution is 7.98. The summed E-state index contributed by atoms with van der Waals surface area (Å²) in [5.41, 5.74) is 2.74. The predicted octanol–water partition coefficient (Wildman–Crippen LogP) is 3.40. The molecule has 0 unspecified atom stereocenters. The Morgan fingerprint density at radius 2 is 2.00 bits per heavy atom. The summed E-state index contributed by atoms with van der Waals surface area (Å²) in [6.07, 6.45) is 2.34. The summed E-state index contributed by atoms with van der Waals surface area (Å²) in [5, 5.41) is 4.55. The van der Waals surface area contributed by atoms with Crippen LogP contribution in [0.3, 0.4) is 0 Å². The monoisotopic (exact) mass is 398 g/mol. The van der Waals surface area contributed by atoms with Crippen LogP contribution in [0.15, 0.2) is 39.9 Å². The minimum absolute atomic E-state index is 0.209. The van der Waals surface area contributed by atoms with E-state index in [9.17, 15) is 13.2 Å². The van der Waals surface area contributed by atoms with Crippen molar-refractivity contribution < 1.29 is 13.2 Å². The molecule has 2 rings (SSSR count). The molecule has 5 nitrogen and oxygen atoms in total. The van der Waals surface area contributed by atoms with Crippen LogP contribution in [0.2, 0.25) is 0 Å².